The summed E-state index contributed by atoms with van der Waals surface area (Å²) in [7, 11) is 0. The summed E-state index contributed by atoms with van der Waals surface area (Å²) in [5.41, 5.74) is 1.01. The van der Waals surface area contributed by atoms with Crippen LogP contribution < -0.4 is 10.6 Å². The van der Waals surface area contributed by atoms with E-state index in [1.807, 2.05) is 0 Å². The number of benzene rings is 2. The van der Waals surface area contributed by atoms with Crippen molar-refractivity contribution in [3.05, 3.63) is 62.6 Å². The molecule has 0 radical (unpaired) electrons. The topological polar surface area (TPSA) is 58.2 Å². The van der Waals surface area contributed by atoms with Crippen molar-refractivity contribution in [2.45, 2.75) is 35.8 Å². The van der Waals surface area contributed by atoms with Crippen LogP contribution in [-0.4, -0.2) is 39.9 Å². The van der Waals surface area contributed by atoms with Crippen molar-refractivity contribution in [3.8, 4) is 0 Å². The van der Waals surface area contributed by atoms with E-state index in [0.29, 0.717) is 27.0 Å². The number of nitrogens with one attached hydrogen (secondary N) is 2. The van der Waals surface area contributed by atoms with E-state index >= 15 is 0 Å². The number of halogens is 8. The summed E-state index contributed by atoms with van der Waals surface area (Å²) in [6, 6.07) is 8.79. The molecule has 3 rings (SSSR count). The second-order valence-corrected chi connectivity index (χ2v) is 12.2. The Morgan fingerprint density at radius 3 is 2.33 bits per heavy atom. The van der Waals surface area contributed by atoms with Crippen molar-refractivity contribution >= 4 is 87.3 Å². The highest BCUT2D eigenvalue weighted by molar-refractivity contribution is 7.99. The molecule has 2 aromatic rings. The maximum Gasteiger partial charge on any atom is 0.389 e. The van der Waals surface area contributed by atoms with Gasteiger partial charge in [0, 0.05) is 39.2 Å². The van der Waals surface area contributed by atoms with Crippen LogP contribution in [0.15, 0.2) is 36.4 Å². The molecule has 0 spiro atoms. The fraction of sp³-hybridized carbons (Fsp3) is 0.391. The van der Waals surface area contributed by atoms with Gasteiger partial charge in [-0.25, -0.2) is 0 Å². The van der Waals surface area contributed by atoms with Crippen LogP contribution in [0.25, 0.3) is 0 Å². The van der Waals surface area contributed by atoms with Gasteiger partial charge < -0.3 is 10.6 Å². The average Bonchev–Trinajstić information content (AvgIpc) is 3.33. The van der Waals surface area contributed by atoms with E-state index in [-0.39, 0.29) is 16.3 Å². The molecule has 3 atom stereocenters. The van der Waals surface area contributed by atoms with E-state index in [1.54, 1.807) is 25.1 Å². The molecule has 0 bridgehead atoms. The van der Waals surface area contributed by atoms with Gasteiger partial charge >= 0.3 is 6.18 Å². The lowest BCUT2D eigenvalue weighted by Gasteiger charge is -2.15. The predicted octanol–water partition coefficient (Wildman–Crippen LogP) is 7.98. The molecule has 1 aliphatic carbocycles. The van der Waals surface area contributed by atoms with Crippen molar-refractivity contribution in [1.29, 1.82) is 0 Å². The molecule has 1 aliphatic rings. The fourth-order valence-corrected chi connectivity index (χ4v) is 6.16. The second kappa shape index (κ2) is 11.8. The van der Waals surface area contributed by atoms with Crippen molar-refractivity contribution in [2.75, 3.05) is 16.8 Å². The highest BCUT2D eigenvalue weighted by atomic mass is 35.5. The zero-order valence-corrected chi connectivity index (χ0v) is 23.2. The van der Waals surface area contributed by atoms with Crippen LogP contribution in [0.5, 0.6) is 0 Å². The summed E-state index contributed by atoms with van der Waals surface area (Å²) in [5, 5.41) is 6.30. The molecule has 1 fully saturated rings. The highest BCUT2D eigenvalue weighted by Crippen LogP contribution is 2.65. The minimum Gasteiger partial charge on any atom is -0.349 e. The van der Waals surface area contributed by atoms with E-state index in [2.05, 4.69) is 10.6 Å². The van der Waals surface area contributed by atoms with Crippen molar-refractivity contribution in [3.63, 3.8) is 0 Å². The maximum absolute atomic E-state index is 12.9. The van der Waals surface area contributed by atoms with Crippen LogP contribution in [0, 0.1) is 5.92 Å². The van der Waals surface area contributed by atoms with Crippen LogP contribution in [0.1, 0.15) is 35.2 Å². The molecule has 4 nitrogen and oxygen atoms in total. The number of hydrogen-bond acceptors (Lipinski definition) is 3. The predicted molar refractivity (Wildman–Crippen MR) is 142 cm³/mol. The lowest BCUT2D eigenvalue weighted by atomic mass is 10.1. The van der Waals surface area contributed by atoms with Crippen LogP contribution in [0.4, 0.5) is 18.9 Å². The molecule has 1 saturated carbocycles. The molecule has 13 heteroatoms. The first-order chi connectivity index (χ1) is 16.7. The molecule has 2 amide bonds. The molecule has 0 heterocycles. The number of alkyl halides is 5. The summed E-state index contributed by atoms with van der Waals surface area (Å²) in [4.78, 5) is 25.6. The number of carbonyl (C=O) groups is 2. The first-order valence-corrected chi connectivity index (χ1v) is 13.6. The third-order valence-corrected chi connectivity index (χ3v) is 8.27. The van der Waals surface area contributed by atoms with Gasteiger partial charge in [0.2, 0.25) is 5.91 Å². The Balaban J connectivity index is 1.62. The maximum atomic E-state index is 12.9. The van der Waals surface area contributed by atoms with E-state index in [0.717, 1.165) is 11.8 Å². The van der Waals surface area contributed by atoms with Gasteiger partial charge in [0.05, 0.1) is 22.9 Å². The Morgan fingerprint density at radius 1 is 1.08 bits per heavy atom. The lowest BCUT2D eigenvalue weighted by molar-refractivity contribution is -0.129. The van der Waals surface area contributed by atoms with Crippen LogP contribution in [-0.2, 0) is 4.79 Å². The van der Waals surface area contributed by atoms with Gasteiger partial charge in [-0.3, -0.25) is 9.59 Å². The number of thioether (sulfide) groups is 1. The number of amides is 2. The normalized spacial score (nSPS) is 19.5. The summed E-state index contributed by atoms with van der Waals surface area (Å²) in [6.07, 6.45) is -5.11. The van der Waals surface area contributed by atoms with Gasteiger partial charge in [-0.15, -0.1) is 23.2 Å². The van der Waals surface area contributed by atoms with E-state index in [9.17, 15) is 22.8 Å². The van der Waals surface area contributed by atoms with Crippen molar-refractivity contribution < 1.29 is 22.8 Å². The molecule has 0 aromatic heterocycles. The van der Waals surface area contributed by atoms with Crippen LogP contribution >= 0.6 is 69.8 Å². The second-order valence-electron chi connectivity index (χ2n) is 8.33. The Kier molecular flexibility index (Phi) is 9.67. The minimum absolute atomic E-state index is 0.0959. The molecule has 2 N–H and O–H groups in total. The van der Waals surface area contributed by atoms with Gasteiger partial charge in [-0.1, -0.05) is 34.8 Å². The van der Waals surface area contributed by atoms with Gasteiger partial charge in [-0.2, -0.15) is 24.9 Å². The first-order valence-electron chi connectivity index (χ1n) is 10.6. The summed E-state index contributed by atoms with van der Waals surface area (Å²) < 4.78 is 35.4. The number of anilines is 1. The summed E-state index contributed by atoms with van der Waals surface area (Å²) in [5.74, 6) is -2.14. The third kappa shape index (κ3) is 7.74. The zero-order valence-electron chi connectivity index (χ0n) is 18.6. The monoisotopic (exact) mass is 620 g/mol. The Bertz CT molecular complexity index is 1130. The van der Waals surface area contributed by atoms with Crippen molar-refractivity contribution in [1.82, 2.24) is 5.32 Å². The van der Waals surface area contributed by atoms with Crippen LogP contribution in [0.2, 0.25) is 15.1 Å². The smallest absolute Gasteiger partial charge is 0.349 e. The van der Waals surface area contributed by atoms with Crippen molar-refractivity contribution in [2.24, 2.45) is 5.92 Å². The van der Waals surface area contributed by atoms with E-state index in [1.165, 1.54) is 18.2 Å². The lowest BCUT2D eigenvalue weighted by Crippen LogP contribution is -2.34. The number of hydrogen-bond donors (Lipinski definition) is 2. The Labute approximate surface area is 235 Å². The molecule has 0 unspecified atom stereocenters. The van der Waals surface area contributed by atoms with Gasteiger partial charge in [-0.05, 0) is 48.9 Å². The molecule has 196 valence electrons. The molecule has 2 aromatic carbocycles. The third-order valence-electron chi connectivity index (χ3n) is 5.33. The number of carbonyl (C=O) groups excluding carboxylic acids is 2. The summed E-state index contributed by atoms with van der Waals surface area (Å²) in [6.45, 7) is 1.67. The Morgan fingerprint density at radius 2 is 1.72 bits per heavy atom. The largest absolute Gasteiger partial charge is 0.389 e. The number of rotatable bonds is 9. The van der Waals surface area contributed by atoms with Gasteiger partial charge in [0.1, 0.15) is 4.33 Å². The van der Waals surface area contributed by atoms with Gasteiger partial charge in [0.15, 0.2) is 0 Å². The molecule has 0 saturated heterocycles. The Hall–Kier alpha value is -1.03. The van der Waals surface area contributed by atoms with Crippen LogP contribution in [0.3, 0.4) is 0 Å². The molecular formula is C23H20Cl5F3N2O2S. The minimum atomic E-state index is -4.22. The molecule has 0 aliphatic heterocycles. The average molecular weight is 623 g/mol. The molecule has 36 heavy (non-hydrogen) atoms. The van der Waals surface area contributed by atoms with E-state index in [4.69, 9.17) is 58.0 Å². The zero-order chi connectivity index (χ0) is 26.8. The quantitative estimate of drug-likeness (QED) is 0.220. The highest BCUT2D eigenvalue weighted by Gasteiger charge is 2.67. The standard InChI is InChI=1S/C23H20Cl5F3N2O2S/c1-11(10-36-5-4-22(29,30)31)32-20(34)16-9-15(2-3-17(16)26)33-21(35)19-18(23(19,27)28)12-6-13(24)8-14(25)7-12/h2-3,6-9,11,18-19H,4-5,10H2,1H3,(H,32,34)(H,33,35)/t11-,18-,19+/m1/s1. The SMILES string of the molecule is C[C@H](CSCCC(F)(F)F)NC(=O)c1cc(NC(=O)[C@@H]2[C@@H](c3cc(Cl)cc(Cl)c3)C2(Cl)Cl)ccc1Cl. The fourth-order valence-electron chi connectivity index (χ4n) is 3.61. The first kappa shape index (κ1) is 29.5. The summed E-state index contributed by atoms with van der Waals surface area (Å²) >= 11 is 32.1. The van der Waals surface area contributed by atoms with E-state index < -0.39 is 46.6 Å². The van der Waals surface area contributed by atoms with Gasteiger partial charge in [0.25, 0.3) is 5.91 Å². The molecular weight excluding hydrogens is 603 g/mol.